The Morgan fingerprint density at radius 2 is 1.90 bits per heavy atom. The summed E-state index contributed by atoms with van der Waals surface area (Å²) in [6, 6.07) is 10.2. The van der Waals surface area contributed by atoms with Gasteiger partial charge in [-0.3, -0.25) is 0 Å². The molecule has 4 aromatic rings. The fourth-order valence-corrected chi connectivity index (χ4v) is 3.44. The molecule has 0 saturated heterocycles. The molecule has 148 valence electrons. The maximum Gasteiger partial charge on any atom is 0.216 e. The smallest absolute Gasteiger partial charge is 0.216 e. The number of H-pyrrole nitrogens is 1. The highest BCUT2D eigenvalue weighted by Gasteiger charge is 2.11. The molecule has 6 heteroatoms. The second-order valence-corrected chi connectivity index (χ2v) is 7.15. The first-order valence-corrected chi connectivity index (χ1v) is 9.42. The minimum atomic E-state index is -0.478. The van der Waals surface area contributed by atoms with Crippen LogP contribution in [0.3, 0.4) is 0 Å². The molecular weight excluding hydrogens is 372 g/mol. The molecule has 0 bridgehead atoms. The van der Waals surface area contributed by atoms with Crippen LogP contribution in [0, 0.1) is 18.7 Å². The van der Waals surface area contributed by atoms with Gasteiger partial charge in [0.1, 0.15) is 17.2 Å². The third-order valence-corrected chi connectivity index (χ3v) is 4.95. The summed E-state index contributed by atoms with van der Waals surface area (Å²) >= 11 is 0. The number of aromatic amines is 1. The summed E-state index contributed by atoms with van der Waals surface area (Å²) < 4.78 is 33.3. The Morgan fingerprint density at radius 1 is 1.03 bits per heavy atom. The van der Waals surface area contributed by atoms with Gasteiger partial charge in [0.25, 0.3) is 0 Å². The molecule has 1 N–H and O–H groups in total. The first kappa shape index (κ1) is 19.1. The lowest BCUT2D eigenvalue weighted by Crippen LogP contribution is -2.01. The fourth-order valence-electron chi connectivity index (χ4n) is 3.44. The quantitative estimate of drug-likeness (QED) is 0.473. The number of pyridine rings is 2. The summed E-state index contributed by atoms with van der Waals surface area (Å²) in [6.07, 6.45) is 5.16. The third-order valence-electron chi connectivity index (χ3n) is 4.95. The van der Waals surface area contributed by atoms with Gasteiger partial charge in [-0.2, -0.15) is 4.39 Å². The topological polar surface area (TPSA) is 50.8 Å². The number of ether oxygens (including phenoxy) is 1. The van der Waals surface area contributed by atoms with Crippen LogP contribution in [0.2, 0.25) is 0 Å². The highest BCUT2D eigenvalue weighted by molar-refractivity contribution is 5.80. The standard InChI is InChI=1S/C23H21F2N3O/c1-14-7-21-17(13-27-23(21)26-12-14)10-16-4-6-19(28-22(16)25)5-3-15-8-18(24)11-20(9-15)29-2/h4,6-9,11-13H,3,5,10H2,1-2H3,(H,26,27). The maximum absolute atomic E-state index is 14.6. The number of nitrogens with one attached hydrogen (secondary N) is 1. The Hall–Kier alpha value is -3.28. The summed E-state index contributed by atoms with van der Waals surface area (Å²) in [5.74, 6) is -0.357. The predicted molar refractivity (Wildman–Crippen MR) is 108 cm³/mol. The number of fused-ring (bicyclic) bond motifs is 1. The molecule has 0 fully saturated rings. The van der Waals surface area contributed by atoms with Crippen LogP contribution in [-0.2, 0) is 19.3 Å². The number of halogens is 2. The zero-order chi connectivity index (χ0) is 20.4. The number of benzene rings is 1. The predicted octanol–water partition coefficient (Wildman–Crippen LogP) is 4.93. The number of hydrogen-bond acceptors (Lipinski definition) is 3. The minimum Gasteiger partial charge on any atom is -0.497 e. The summed E-state index contributed by atoms with van der Waals surface area (Å²) in [5.41, 5.74) is 4.78. The van der Waals surface area contributed by atoms with Crippen LogP contribution in [0.1, 0.15) is 27.9 Å². The lowest BCUT2D eigenvalue weighted by molar-refractivity contribution is 0.410. The van der Waals surface area contributed by atoms with Gasteiger partial charge in [-0.1, -0.05) is 6.07 Å². The Morgan fingerprint density at radius 3 is 2.69 bits per heavy atom. The highest BCUT2D eigenvalue weighted by Crippen LogP contribution is 2.22. The maximum atomic E-state index is 14.6. The molecule has 0 aliphatic heterocycles. The molecule has 0 atom stereocenters. The zero-order valence-electron chi connectivity index (χ0n) is 16.3. The van der Waals surface area contributed by atoms with Crippen LogP contribution in [0.25, 0.3) is 11.0 Å². The summed E-state index contributed by atoms with van der Waals surface area (Å²) in [4.78, 5) is 11.6. The molecular formula is C23H21F2N3O. The Labute approximate surface area is 167 Å². The van der Waals surface area contributed by atoms with E-state index in [0.717, 1.165) is 27.7 Å². The van der Waals surface area contributed by atoms with Gasteiger partial charge in [0, 0.05) is 41.5 Å². The van der Waals surface area contributed by atoms with Crippen molar-refractivity contribution in [2.24, 2.45) is 0 Å². The molecule has 0 saturated carbocycles. The van der Waals surface area contributed by atoms with Gasteiger partial charge in [-0.15, -0.1) is 0 Å². The summed E-state index contributed by atoms with van der Waals surface area (Å²) in [7, 11) is 1.50. The van der Waals surface area contributed by atoms with Crippen LogP contribution < -0.4 is 4.74 Å². The first-order valence-electron chi connectivity index (χ1n) is 9.42. The van der Waals surface area contributed by atoms with E-state index in [2.05, 4.69) is 15.0 Å². The zero-order valence-corrected chi connectivity index (χ0v) is 16.3. The molecule has 0 amide bonds. The average molecular weight is 393 g/mol. The van der Waals surface area contributed by atoms with Crippen molar-refractivity contribution in [1.82, 2.24) is 15.0 Å². The minimum absolute atomic E-state index is 0.350. The SMILES string of the molecule is COc1cc(F)cc(CCc2ccc(Cc3c[nH]c4ncc(C)cc34)c(F)n2)c1. The van der Waals surface area contributed by atoms with Gasteiger partial charge in [0.2, 0.25) is 5.95 Å². The van der Waals surface area contributed by atoms with E-state index in [1.165, 1.54) is 19.2 Å². The third kappa shape index (κ3) is 4.26. The van der Waals surface area contributed by atoms with Crippen LogP contribution in [0.15, 0.2) is 48.8 Å². The Balaban J connectivity index is 1.49. The van der Waals surface area contributed by atoms with Gasteiger partial charge < -0.3 is 9.72 Å². The van der Waals surface area contributed by atoms with Crippen molar-refractivity contribution >= 4 is 11.0 Å². The Kier molecular flexibility index (Phi) is 5.25. The normalized spacial score (nSPS) is 11.2. The molecule has 4 nitrogen and oxygen atoms in total. The monoisotopic (exact) mass is 393 g/mol. The van der Waals surface area contributed by atoms with Crippen molar-refractivity contribution in [2.75, 3.05) is 7.11 Å². The van der Waals surface area contributed by atoms with E-state index in [9.17, 15) is 8.78 Å². The van der Waals surface area contributed by atoms with E-state index in [1.54, 1.807) is 18.3 Å². The van der Waals surface area contributed by atoms with Gasteiger partial charge in [0.05, 0.1) is 7.11 Å². The lowest BCUT2D eigenvalue weighted by atomic mass is 10.0. The highest BCUT2D eigenvalue weighted by atomic mass is 19.1. The second-order valence-electron chi connectivity index (χ2n) is 7.15. The lowest BCUT2D eigenvalue weighted by Gasteiger charge is -2.07. The van der Waals surface area contributed by atoms with Gasteiger partial charge in [-0.25, -0.2) is 14.4 Å². The average Bonchev–Trinajstić information content (AvgIpc) is 3.09. The number of rotatable bonds is 6. The first-order chi connectivity index (χ1) is 14.0. The molecule has 0 aliphatic carbocycles. The summed E-state index contributed by atoms with van der Waals surface area (Å²) in [6.45, 7) is 1.98. The van der Waals surface area contributed by atoms with E-state index in [4.69, 9.17) is 4.74 Å². The molecule has 0 unspecified atom stereocenters. The van der Waals surface area contributed by atoms with Crippen molar-refractivity contribution in [2.45, 2.75) is 26.2 Å². The molecule has 1 aromatic carbocycles. The molecule has 3 aromatic heterocycles. The van der Waals surface area contributed by atoms with Gasteiger partial charge >= 0.3 is 0 Å². The largest absolute Gasteiger partial charge is 0.497 e. The van der Waals surface area contributed by atoms with Crippen molar-refractivity contribution in [3.63, 3.8) is 0 Å². The number of aryl methyl sites for hydroxylation is 3. The van der Waals surface area contributed by atoms with Crippen molar-refractivity contribution in [1.29, 1.82) is 0 Å². The molecule has 0 radical (unpaired) electrons. The molecule has 29 heavy (non-hydrogen) atoms. The van der Waals surface area contributed by atoms with E-state index >= 15 is 0 Å². The van der Waals surface area contributed by atoms with Crippen molar-refractivity contribution in [3.8, 4) is 5.75 Å². The van der Waals surface area contributed by atoms with Gasteiger partial charge in [0.15, 0.2) is 0 Å². The van der Waals surface area contributed by atoms with Crippen LogP contribution >= 0.6 is 0 Å². The summed E-state index contributed by atoms with van der Waals surface area (Å²) in [5, 5.41) is 0.994. The van der Waals surface area contributed by atoms with Crippen molar-refractivity contribution in [3.05, 3.63) is 88.5 Å². The van der Waals surface area contributed by atoms with Crippen LogP contribution in [0.4, 0.5) is 8.78 Å². The van der Waals surface area contributed by atoms with Crippen LogP contribution in [-0.4, -0.2) is 22.1 Å². The van der Waals surface area contributed by atoms with Crippen molar-refractivity contribution < 1.29 is 13.5 Å². The van der Waals surface area contributed by atoms with Crippen LogP contribution in [0.5, 0.6) is 5.75 Å². The number of hydrogen-bond donors (Lipinski definition) is 1. The fraction of sp³-hybridized carbons (Fsp3) is 0.217. The van der Waals surface area contributed by atoms with E-state index in [0.29, 0.717) is 36.3 Å². The Bertz CT molecular complexity index is 1170. The molecule has 0 spiro atoms. The number of methoxy groups -OCH3 is 1. The van der Waals surface area contributed by atoms with E-state index < -0.39 is 5.95 Å². The van der Waals surface area contributed by atoms with E-state index in [-0.39, 0.29) is 5.82 Å². The molecule has 0 aliphatic rings. The number of aromatic nitrogens is 3. The second kappa shape index (κ2) is 7.99. The molecule has 3 heterocycles. The number of nitrogens with zero attached hydrogens (tertiary/aromatic N) is 2. The van der Waals surface area contributed by atoms with Gasteiger partial charge in [-0.05, 0) is 60.7 Å². The molecule has 4 rings (SSSR count). The van der Waals surface area contributed by atoms with E-state index in [1.807, 2.05) is 25.3 Å².